The molecule has 1 amide bonds. The molecule has 2 saturated heterocycles. The number of hydrogen-bond acceptors (Lipinski definition) is 6. The number of amides is 1. The maximum atomic E-state index is 13.9. The molecule has 0 radical (unpaired) electrons. The second-order valence-electron chi connectivity index (χ2n) is 11.2. The van der Waals surface area contributed by atoms with E-state index in [9.17, 15) is 23.1 Å². The van der Waals surface area contributed by atoms with Gasteiger partial charge in [0.15, 0.2) is 0 Å². The lowest BCUT2D eigenvalue weighted by molar-refractivity contribution is -0.138. The van der Waals surface area contributed by atoms with Crippen LogP contribution in [0.1, 0.15) is 80.4 Å². The molecular formula is C27H34F3N5O2. The van der Waals surface area contributed by atoms with Crippen LogP contribution in [0.15, 0.2) is 30.6 Å². The number of fused-ring (bicyclic) bond motifs is 1. The molecular weight excluding hydrogens is 483 g/mol. The number of benzene rings is 1. The number of aromatic nitrogens is 2. The van der Waals surface area contributed by atoms with Gasteiger partial charge in [-0.3, -0.25) is 4.79 Å². The third-order valence-corrected chi connectivity index (χ3v) is 8.07. The number of halogens is 3. The summed E-state index contributed by atoms with van der Waals surface area (Å²) >= 11 is 0. The fourth-order valence-electron chi connectivity index (χ4n) is 6.16. The predicted molar refractivity (Wildman–Crippen MR) is 133 cm³/mol. The molecule has 0 saturated carbocycles. The van der Waals surface area contributed by atoms with Crippen molar-refractivity contribution in [3.8, 4) is 0 Å². The molecule has 2 N–H and O–H groups in total. The lowest BCUT2D eigenvalue weighted by Crippen LogP contribution is -2.53. The van der Waals surface area contributed by atoms with Crippen molar-refractivity contribution < 1.29 is 23.1 Å². The summed E-state index contributed by atoms with van der Waals surface area (Å²) in [5.41, 5.74) is 1.12. The van der Waals surface area contributed by atoms with Crippen LogP contribution < -0.4 is 10.2 Å². The van der Waals surface area contributed by atoms with Crippen molar-refractivity contribution in [3.05, 3.63) is 53.0 Å². The van der Waals surface area contributed by atoms with Gasteiger partial charge in [-0.15, -0.1) is 0 Å². The molecule has 0 bridgehead atoms. The number of rotatable bonds is 4. The summed E-state index contributed by atoms with van der Waals surface area (Å²) in [6, 6.07) is 4.97. The first-order valence-electron chi connectivity index (χ1n) is 13.0. The number of anilines is 1. The number of piperazine rings is 1. The molecule has 2 fully saturated rings. The number of alkyl halides is 3. The zero-order valence-electron chi connectivity index (χ0n) is 21.4. The van der Waals surface area contributed by atoms with E-state index in [4.69, 9.17) is 0 Å². The summed E-state index contributed by atoms with van der Waals surface area (Å²) in [6.07, 6.45) is -1.41. The van der Waals surface area contributed by atoms with Gasteiger partial charge in [0.1, 0.15) is 12.1 Å². The second kappa shape index (κ2) is 9.54. The monoisotopic (exact) mass is 517 g/mol. The molecule has 1 aliphatic carbocycles. The van der Waals surface area contributed by atoms with Gasteiger partial charge < -0.3 is 20.2 Å². The Morgan fingerprint density at radius 2 is 1.92 bits per heavy atom. The molecule has 4 atom stereocenters. The summed E-state index contributed by atoms with van der Waals surface area (Å²) in [5, 5.41) is 13.8. The minimum atomic E-state index is -4.47. The lowest BCUT2D eigenvalue weighted by Gasteiger charge is -2.39. The third kappa shape index (κ3) is 5.05. The average Bonchev–Trinajstić information content (AvgIpc) is 3.36. The van der Waals surface area contributed by atoms with Crippen LogP contribution >= 0.6 is 0 Å². The second-order valence-corrected chi connectivity index (χ2v) is 11.2. The number of aliphatic hydroxyl groups is 1. The highest BCUT2D eigenvalue weighted by molar-refractivity contribution is 5.85. The number of carbonyl (C=O) groups is 1. The van der Waals surface area contributed by atoms with Gasteiger partial charge in [-0.1, -0.05) is 25.1 Å². The molecule has 37 heavy (non-hydrogen) atoms. The fourth-order valence-corrected chi connectivity index (χ4v) is 6.16. The van der Waals surface area contributed by atoms with Crippen LogP contribution in [0.3, 0.4) is 0 Å². The summed E-state index contributed by atoms with van der Waals surface area (Å²) in [4.78, 5) is 26.6. The van der Waals surface area contributed by atoms with Crippen LogP contribution in [0, 0.1) is 0 Å². The Morgan fingerprint density at radius 3 is 2.57 bits per heavy atom. The van der Waals surface area contributed by atoms with Crippen molar-refractivity contribution in [1.82, 2.24) is 20.2 Å². The summed E-state index contributed by atoms with van der Waals surface area (Å²) in [6.45, 7) is 8.15. The quantitative estimate of drug-likeness (QED) is 0.638. The van der Waals surface area contributed by atoms with E-state index in [0.29, 0.717) is 50.3 Å². The van der Waals surface area contributed by atoms with Crippen molar-refractivity contribution in [2.75, 3.05) is 31.1 Å². The molecule has 7 nitrogen and oxygen atoms in total. The van der Waals surface area contributed by atoms with Crippen LogP contribution in [-0.4, -0.2) is 63.6 Å². The van der Waals surface area contributed by atoms with E-state index in [1.165, 1.54) is 12.4 Å². The van der Waals surface area contributed by atoms with E-state index in [0.717, 1.165) is 29.9 Å². The van der Waals surface area contributed by atoms with Crippen LogP contribution in [0.2, 0.25) is 0 Å². The zero-order chi connectivity index (χ0) is 26.5. The number of aliphatic hydroxyl groups excluding tert-OH is 1. The van der Waals surface area contributed by atoms with Gasteiger partial charge in [0.2, 0.25) is 5.91 Å². The van der Waals surface area contributed by atoms with E-state index in [1.807, 2.05) is 0 Å². The van der Waals surface area contributed by atoms with E-state index in [2.05, 4.69) is 41.0 Å². The molecule has 2 aliphatic heterocycles. The van der Waals surface area contributed by atoms with E-state index in [1.54, 1.807) is 11.0 Å². The first-order valence-corrected chi connectivity index (χ1v) is 13.0. The highest BCUT2D eigenvalue weighted by Crippen LogP contribution is 2.43. The van der Waals surface area contributed by atoms with Gasteiger partial charge in [0.25, 0.3) is 0 Å². The van der Waals surface area contributed by atoms with Crippen molar-refractivity contribution in [3.63, 3.8) is 0 Å². The molecule has 10 heteroatoms. The van der Waals surface area contributed by atoms with E-state index in [-0.39, 0.29) is 23.4 Å². The van der Waals surface area contributed by atoms with Crippen LogP contribution in [0.25, 0.3) is 0 Å². The zero-order valence-corrected chi connectivity index (χ0v) is 21.4. The normalized spacial score (nSPS) is 26.3. The predicted octanol–water partition coefficient (Wildman–Crippen LogP) is 4.00. The summed E-state index contributed by atoms with van der Waals surface area (Å²) in [5.74, 6) is 0.0951. The maximum Gasteiger partial charge on any atom is 0.416 e. The molecule has 2 unspecified atom stereocenters. The first-order chi connectivity index (χ1) is 17.4. The Bertz CT molecular complexity index is 1160. The van der Waals surface area contributed by atoms with Gasteiger partial charge in [-0.2, -0.15) is 13.2 Å². The highest BCUT2D eigenvalue weighted by atomic mass is 19.4. The number of carbonyl (C=O) groups excluding carboxylic acids is 1. The highest BCUT2D eigenvalue weighted by Gasteiger charge is 2.42. The molecule has 3 aliphatic rings. The summed E-state index contributed by atoms with van der Waals surface area (Å²) < 4.78 is 40.5. The fraction of sp³-hybridized carbons (Fsp3) is 0.593. The van der Waals surface area contributed by atoms with Crippen LogP contribution in [0.5, 0.6) is 0 Å². The number of nitrogens with one attached hydrogen (secondary N) is 1. The van der Waals surface area contributed by atoms with Crippen LogP contribution in [-0.2, 0) is 11.0 Å². The van der Waals surface area contributed by atoms with E-state index < -0.39 is 23.8 Å². The Morgan fingerprint density at radius 1 is 1.19 bits per heavy atom. The Balaban J connectivity index is 1.37. The standard InChI is InChI=1S/C27H34F3N5O2/c1-16-13-20(36)23-21(16)24(32-15-31-23)34-9-11-35(12-10-34)25(37)22(19-7-8-26(2,3)33-19)17-5-4-6-18(14-17)27(28,29)30/h4-6,14-16,19-20,22,33,36H,7-13H2,1-3H3/t16-,19?,20-,22?/m1/s1. The van der Waals surface area contributed by atoms with Crippen molar-refractivity contribution >= 4 is 11.7 Å². The van der Waals surface area contributed by atoms with Gasteiger partial charge in [-0.05, 0) is 50.7 Å². The largest absolute Gasteiger partial charge is 0.416 e. The average molecular weight is 518 g/mol. The maximum absolute atomic E-state index is 13.9. The van der Waals surface area contributed by atoms with Gasteiger partial charge in [-0.25, -0.2) is 9.97 Å². The van der Waals surface area contributed by atoms with Crippen molar-refractivity contribution in [2.45, 2.75) is 75.7 Å². The number of nitrogens with zero attached hydrogens (tertiary/aromatic N) is 4. The number of hydrogen-bond donors (Lipinski definition) is 2. The van der Waals surface area contributed by atoms with Gasteiger partial charge >= 0.3 is 6.18 Å². The first kappa shape index (κ1) is 25.9. The molecule has 1 aromatic carbocycles. The molecule has 2 aromatic rings. The molecule has 0 spiro atoms. The molecule has 200 valence electrons. The van der Waals surface area contributed by atoms with E-state index >= 15 is 0 Å². The lowest BCUT2D eigenvalue weighted by atomic mass is 9.87. The smallest absolute Gasteiger partial charge is 0.387 e. The SMILES string of the molecule is C[C@@H]1C[C@@H](O)c2ncnc(N3CCN(C(=O)C(c4cccc(C(F)(F)F)c4)C4CCC(C)(C)N4)CC3)c21. The van der Waals surface area contributed by atoms with Crippen molar-refractivity contribution in [1.29, 1.82) is 0 Å². The Kier molecular flexibility index (Phi) is 6.68. The molecule has 1 aromatic heterocycles. The summed E-state index contributed by atoms with van der Waals surface area (Å²) in [7, 11) is 0. The minimum absolute atomic E-state index is 0.142. The van der Waals surface area contributed by atoms with Crippen molar-refractivity contribution in [2.24, 2.45) is 0 Å². The minimum Gasteiger partial charge on any atom is -0.387 e. The Hall–Kier alpha value is -2.72. The van der Waals surface area contributed by atoms with Gasteiger partial charge in [0.05, 0.1) is 23.3 Å². The third-order valence-electron chi connectivity index (χ3n) is 8.07. The van der Waals surface area contributed by atoms with Gasteiger partial charge in [0, 0.05) is 43.3 Å². The molecule has 3 heterocycles. The van der Waals surface area contributed by atoms with Crippen LogP contribution in [0.4, 0.5) is 19.0 Å². The topological polar surface area (TPSA) is 81.6 Å². The Labute approximate surface area is 215 Å². The molecule has 5 rings (SSSR count).